The van der Waals surface area contributed by atoms with Crippen LogP contribution in [0.4, 0.5) is 0 Å². The maximum absolute atomic E-state index is 12.4. The van der Waals surface area contributed by atoms with Crippen molar-refractivity contribution in [3.63, 3.8) is 0 Å². The molecule has 0 atom stereocenters. The van der Waals surface area contributed by atoms with E-state index in [9.17, 15) is 9.59 Å². The highest BCUT2D eigenvalue weighted by molar-refractivity contribution is 7.17. The van der Waals surface area contributed by atoms with Gasteiger partial charge in [0, 0.05) is 26.6 Å². The number of hydrazone groups is 1. The van der Waals surface area contributed by atoms with Crippen molar-refractivity contribution < 1.29 is 19.1 Å². The number of nitrogens with one attached hydrogen (secondary N) is 2. The van der Waals surface area contributed by atoms with Crippen molar-refractivity contribution in [2.24, 2.45) is 5.10 Å². The van der Waals surface area contributed by atoms with Crippen molar-refractivity contribution in [1.82, 2.24) is 10.7 Å². The van der Waals surface area contributed by atoms with Crippen LogP contribution in [0.3, 0.4) is 0 Å². The van der Waals surface area contributed by atoms with E-state index in [-0.39, 0.29) is 6.54 Å². The number of nitrogens with zero attached hydrogens (tertiary/aromatic N) is 1. The van der Waals surface area contributed by atoms with Gasteiger partial charge in [-0.2, -0.15) is 5.10 Å². The molecule has 0 unspecified atom stereocenters. The van der Waals surface area contributed by atoms with Crippen LogP contribution >= 0.6 is 11.3 Å². The monoisotopic (exact) mass is 439 g/mol. The van der Waals surface area contributed by atoms with Crippen LogP contribution in [0.2, 0.25) is 0 Å². The van der Waals surface area contributed by atoms with Gasteiger partial charge in [0.15, 0.2) is 11.5 Å². The Morgan fingerprint density at radius 3 is 2.58 bits per heavy atom. The Balaban J connectivity index is 1.64. The van der Waals surface area contributed by atoms with Crippen molar-refractivity contribution >= 4 is 38.9 Å². The van der Waals surface area contributed by atoms with Gasteiger partial charge < -0.3 is 14.8 Å². The molecule has 8 heteroatoms. The van der Waals surface area contributed by atoms with Crippen LogP contribution < -0.4 is 20.2 Å². The molecule has 31 heavy (non-hydrogen) atoms. The van der Waals surface area contributed by atoms with Gasteiger partial charge >= 0.3 is 0 Å². The van der Waals surface area contributed by atoms with Crippen molar-refractivity contribution in [2.75, 3.05) is 20.8 Å². The van der Waals surface area contributed by atoms with Gasteiger partial charge in [-0.3, -0.25) is 9.59 Å². The van der Waals surface area contributed by atoms with E-state index in [1.165, 1.54) is 18.9 Å². The van der Waals surface area contributed by atoms with E-state index >= 15 is 0 Å². The normalized spacial score (nSPS) is 11.3. The zero-order valence-electron chi connectivity index (χ0n) is 17.7. The van der Waals surface area contributed by atoms with Crippen molar-refractivity contribution in [3.05, 3.63) is 59.0 Å². The lowest BCUT2D eigenvalue weighted by molar-refractivity contribution is -0.120. The number of carbonyl (C=O) groups excluding carboxylic acids is 2. The molecule has 0 radical (unpaired) electrons. The fourth-order valence-electron chi connectivity index (χ4n) is 3.10. The van der Waals surface area contributed by atoms with Crippen LogP contribution in [0.1, 0.15) is 35.7 Å². The zero-order chi connectivity index (χ0) is 22.2. The summed E-state index contributed by atoms with van der Waals surface area (Å²) in [5, 5.41) is 10.1. The molecule has 1 aromatic heterocycles. The van der Waals surface area contributed by atoms with Crippen molar-refractivity contribution in [2.45, 2.75) is 19.8 Å². The molecule has 162 valence electrons. The van der Waals surface area contributed by atoms with Gasteiger partial charge in [-0.1, -0.05) is 31.5 Å². The summed E-state index contributed by atoms with van der Waals surface area (Å²) in [5.41, 5.74) is 4.77. The van der Waals surface area contributed by atoms with Crippen LogP contribution in [0.15, 0.2) is 52.9 Å². The average molecular weight is 440 g/mol. The summed E-state index contributed by atoms with van der Waals surface area (Å²) < 4.78 is 11.5. The van der Waals surface area contributed by atoms with E-state index in [0.717, 1.165) is 29.5 Å². The Kier molecular flexibility index (Phi) is 7.61. The molecule has 0 bridgehead atoms. The zero-order valence-corrected chi connectivity index (χ0v) is 18.5. The third kappa shape index (κ3) is 5.40. The molecule has 0 aliphatic carbocycles. The van der Waals surface area contributed by atoms with Crippen LogP contribution in [0.5, 0.6) is 11.5 Å². The van der Waals surface area contributed by atoms with Gasteiger partial charge in [0.2, 0.25) is 0 Å². The second-order valence-corrected chi connectivity index (χ2v) is 7.65. The first-order valence-electron chi connectivity index (χ1n) is 9.89. The van der Waals surface area contributed by atoms with E-state index in [1.54, 1.807) is 29.5 Å². The molecule has 0 saturated carbocycles. The Bertz CT molecular complexity index is 1110. The van der Waals surface area contributed by atoms with Crippen LogP contribution in [-0.4, -0.2) is 38.3 Å². The van der Waals surface area contributed by atoms with Gasteiger partial charge in [-0.05, 0) is 30.7 Å². The number of ether oxygens (including phenoxy) is 2. The maximum atomic E-state index is 12.4. The predicted octanol–water partition coefficient (Wildman–Crippen LogP) is 3.97. The minimum absolute atomic E-state index is 0.194. The average Bonchev–Trinajstić information content (AvgIpc) is 3.23. The molecular formula is C23H25N3O4S. The molecule has 0 saturated heterocycles. The number of hydrogen-bond donors (Lipinski definition) is 2. The Labute approximate surface area is 185 Å². The lowest BCUT2D eigenvalue weighted by atomic mass is 10.1. The molecule has 0 fully saturated rings. The number of fused-ring (bicyclic) bond motifs is 1. The van der Waals surface area contributed by atoms with Crippen LogP contribution in [0, 0.1) is 0 Å². The van der Waals surface area contributed by atoms with Crippen molar-refractivity contribution in [3.8, 4) is 11.5 Å². The minimum Gasteiger partial charge on any atom is -0.493 e. The molecule has 3 rings (SSSR count). The summed E-state index contributed by atoms with van der Waals surface area (Å²) in [6.45, 7) is 1.87. The minimum atomic E-state index is -0.401. The third-order valence-electron chi connectivity index (χ3n) is 4.65. The summed E-state index contributed by atoms with van der Waals surface area (Å²) in [6, 6.07) is 12.9. The fourth-order valence-corrected chi connectivity index (χ4v) is 4.07. The second-order valence-electron chi connectivity index (χ2n) is 6.74. The number of methoxy groups -OCH3 is 2. The molecule has 2 aromatic carbocycles. The second kappa shape index (κ2) is 10.6. The maximum Gasteiger partial charge on any atom is 0.259 e. The molecule has 1 heterocycles. The van der Waals surface area contributed by atoms with Crippen LogP contribution in [0.25, 0.3) is 10.1 Å². The van der Waals surface area contributed by atoms with Gasteiger partial charge in [0.1, 0.15) is 0 Å². The molecule has 2 amide bonds. The molecule has 2 N–H and O–H groups in total. The molecule has 3 aromatic rings. The quantitative estimate of drug-likeness (QED) is 0.390. The number of carbonyl (C=O) groups is 2. The number of amides is 2. The number of rotatable bonds is 9. The highest BCUT2D eigenvalue weighted by atomic mass is 32.1. The number of thiophene rings is 1. The summed E-state index contributed by atoms with van der Waals surface area (Å²) in [4.78, 5) is 24.6. The standard InChI is InChI=1S/C23H25N3O4S/c1-4-7-18(17-14-31-21-9-6-5-8-16(17)21)25-26-22(27)13-24-23(28)15-10-11-19(29-2)20(12-15)30-3/h5-6,8-12,14H,4,7,13H2,1-3H3,(H,24,28)(H,26,27)/b25-18+. The lowest BCUT2D eigenvalue weighted by Gasteiger charge is -2.10. The predicted molar refractivity (Wildman–Crippen MR) is 123 cm³/mol. The molecule has 0 spiro atoms. The molecule has 7 nitrogen and oxygen atoms in total. The first-order valence-corrected chi connectivity index (χ1v) is 10.8. The van der Waals surface area contributed by atoms with E-state index in [4.69, 9.17) is 9.47 Å². The highest BCUT2D eigenvalue weighted by Crippen LogP contribution is 2.28. The Morgan fingerprint density at radius 2 is 1.84 bits per heavy atom. The number of hydrogen-bond acceptors (Lipinski definition) is 6. The topological polar surface area (TPSA) is 89.0 Å². The lowest BCUT2D eigenvalue weighted by Crippen LogP contribution is -2.35. The van der Waals surface area contributed by atoms with Gasteiger partial charge in [-0.25, -0.2) is 5.43 Å². The first kappa shape index (κ1) is 22.3. The summed E-state index contributed by atoms with van der Waals surface area (Å²) in [7, 11) is 3.02. The summed E-state index contributed by atoms with van der Waals surface area (Å²) in [6.07, 6.45) is 1.63. The van der Waals surface area contributed by atoms with Gasteiger partial charge in [0.25, 0.3) is 11.8 Å². The largest absolute Gasteiger partial charge is 0.493 e. The van der Waals surface area contributed by atoms with Crippen molar-refractivity contribution in [1.29, 1.82) is 0 Å². The Morgan fingerprint density at radius 1 is 1.06 bits per heavy atom. The van der Waals surface area contributed by atoms with E-state index in [1.807, 2.05) is 12.1 Å². The van der Waals surface area contributed by atoms with Gasteiger partial charge in [0.05, 0.1) is 26.5 Å². The number of benzene rings is 2. The fraction of sp³-hybridized carbons (Fsp3) is 0.261. The van der Waals surface area contributed by atoms with Gasteiger partial charge in [-0.15, -0.1) is 11.3 Å². The summed E-state index contributed by atoms with van der Waals surface area (Å²) >= 11 is 1.65. The first-order chi connectivity index (χ1) is 15.1. The molecule has 0 aliphatic heterocycles. The smallest absolute Gasteiger partial charge is 0.259 e. The third-order valence-corrected chi connectivity index (χ3v) is 5.61. The SMILES string of the molecule is CCC/C(=N\NC(=O)CNC(=O)c1ccc(OC)c(OC)c1)c1csc2ccccc12. The van der Waals surface area contributed by atoms with E-state index < -0.39 is 11.8 Å². The summed E-state index contributed by atoms with van der Waals surface area (Å²) in [5.74, 6) is 0.173. The van der Waals surface area contributed by atoms with Crippen LogP contribution in [-0.2, 0) is 4.79 Å². The van der Waals surface area contributed by atoms with E-state index in [0.29, 0.717) is 17.1 Å². The Hall–Kier alpha value is -3.39. The molecular weight excluding hydrogens is 414 g/mol. The highest BCUT2D eigenvalue weighted by Gasteiger charge is 2.13. The molecule has 0 aliphatic rings. The van der Waals surface area contributed by atoms with E-state index in [2.05, 4.69) is 40.3 Å².